The normalized spacial score (nSPS) is 30.1. The van der Waals surface area contributed by atoms with Crippen molar-refractivity contribution in [3.8, 4) is 0 Å². The Kier molecular flexibility index (Phi) is 2.15. The summed E-state index contributed by atoms with van der Waals surface area (Å²) in [6, 6.07) is 9.68. The molecule has 3 rings (SSSR count). The van der Waals surface area contributed by atoms with Crippen molar-refractivity contribution in [2.75, 3.05) is 25.0 Å². The molecule has 2 unspecified atom stereocenters. The number of piperazine rings is 1. The van der Waals surface area contributed by atoms with Gasteiger partial charge in [-0.05, 0) is 37.7 Å². The number of anilines is 1. The third-order valence-corrected chi connectivity index (χ3v) is 3.92. The van der Waals surface area contributed by atoms with Gasteiger partial charge in [0.15, 0.2) is 0 Å². The van der Waals surface area contributed by atoms with Crippen LogP contribution in [0.2, 0.25) is 5.02 Å². The van der Waals surface area contributed by atoms with Crippen LogP contribution in [0.1, 0.15) is 6.42 Å². The molecule has 0 saturated carbocycles. The second kappa shape index (κ2) is 3.39. The first-order valence-corrected chi connectivity index (χ1v) is 5.84. The van der Waals surface area contributed by atoms with E-state index in [-0.39, 0.29) is 0 Å². The topological polar surface area (TPSA) is 6.48 Å². The molecule has 0 N–H and O–H groups in total. The minimum atomic E-state index is 0.709. The number of hydrogen-bond donors (Lipinski definition) is 0. The molecule has 0 aromatic heterocycles. The molecule has 2 saturated heterocycles. The highest BCUT2D eigenvalue weighted by molar-refractivity contribution is 6.30. The van der Waals surface area contributed by atoms with Gasteiger partial charge in [0.2, 0.25) is 0 Å². The van der Waals surface area contributed by atoms with Crippen LogP contribution in [-0.4, -0.2) is 37.1 Å². The van der Waals surface area contributed by atoms with E-state index in [0.717, 1.165) is 11.1 Å². The zero-order valence-corrected chi connectivity index (χ0v) is 9.61. The summed E-state index contributed by atoms with van der Waals surface area (Å²) in [5.74, 6) is 0. The third-order valence-electron chi connectivity index (χ3n) is 3.67. The lowest BCUT2D eigenvalue weighted by molar-refractivity contribution is 0.292. The first-order valence-electron chi connectivity index (χ1n) is 5.46. The van der Waals surface area contributed by atoms with Gasteiger partial charge in [0.1, 0.15) is 0 Å². The molecule has 0 aliphatic carbocycles. The number of hydrogen-bond acceptors (Lipinski definition) is 2. The summed E-state index contributed by atoms with van der Waals surface area (Å²) < 4.78 is 0. The molecular weight excluding hydrogens is 208 g/mol. The van der Waals surface area contributed by atoms with Gasteiger partial charge in [-0.2, -0.15) is 0 Å². The molecular formula is C12H15ClN2. The summed E-state index contributed by atoms with van der Waals surface area (Å²) in [6.07, 6.45) is 1.32. The second-order valence-corrected chi connectivity index (χ2v) is 5.05. The van der Waals surface area contributed by atoms with Gasteiger partial charge in [-0.1, -0.05) is 11.6 Å². The lowest BCUT2D eigenvalue weighted by Gasteiger charge is -2.33. The Labute approximate surface area is 95.4 Å². The number of fused-ring (bicyclic) bond motifs is 2. The minimum Gasteiger partial charge on any atom is -0.366 e. The summed E-state index contributed by atoms with van der Waals surface area (Å²) in [5, 5.41) is 0.820. The molecule has 2 aliphatic heterocycles. The molecule has 0 radical (unpaired) electrons. The van der Waals surface area contributed by atoms with Gasteiger partial charge < -0.3 is 4.90 Å². The average Bonchev–Trinajstić information content (AvgIpc) is 2.77. The molecule has 2 heterocycles. The van der Waals surface area contributed by atoms with Crippen molar-refractivity contribution in [1.82, 2.24) is 4.90 Å². The Hall–Kier alpha value is -0.730. The van der Waals surface area contributed by atoms with Crippen molar-refractivity contribution in [2.45, 2.75) is 18.5 Å². The van der Waals surface area contributed by atoms with Crippen LogP contribution in [0.3, 0.4) is 0 Å². The Morgan fingerprint density at radius 2 is 1.87 bits per heavy atom. The van der Waals surface area contributed by atoms with E-state index in [2.05, 4.69) is 29.0 Å². The quantitative estimate of drug-likeness (QED) is 0.719. The Morgan fingerprint density at radius 3 is 2.40 bits per heavy atom. The van der Waals surface area contributed by atoms with Gasteiger partial charge in [0.05, 0.1) is 0 Å². The number of likely N-dealkylation sites (tertiary alicyclic amines) is 1. The van der Waals surface area contributed by atoms with Crippen molar-refractivity contribution in [3.63, 3.8) is 0 Å². The lowest BCUT2D eigenvalue weighted by atomic mass is 10.2. The van der Waals surface area contributed by atoms with Crippen molar-refractivity contribution in [3.05, 3.63) is 29.3 Å². The van der Waals surface area contributed by atoms with Crippen LogP contribution in [0.4, 0.5) is 5.69 Å². The van der Waals surface area contributed by atoms with E-state index in [1.165, 1.54) is 25.2 Å². The van der Waals surface area contributed by atoms with E-state index >= 15 is 0 Å². The summed E-state index contributed by atoms with van der Waals surface area (Å²) in [4.78, 5) is 4.98. The van der Waals surface area contributed by atoms with E-state index in [9.17, 15) is 0 Å². The zero-order valence-electron chi connectivity index (χ0n) is 8.86. The van der Waals surface area contributed by atoms with Crippen LogP contribution in [-0.2, 0) is 0 Å². The molecule has 3 heteroatoms. The number of nitrogens with zero attached hydrogens (tertiary/aromatic N) is 2. The summed E-state index contributed by atoms with van der Waals surface area (Å²) in [5.41, 5.74) is 1.32. The monoisotopic (exact) mass is 222 g/mol. The molecule has 2 atom stereocenters. The molecule has 2 fully saturated rings. The Morgan fingerprint density at radius 1 is 1.13 bits per heavy atom. The third kappa shape index (κ3) is 1.52. The summed E-state index contributed by atoms with van der Waals surface area (Å²) >= 11 is 5.89. The molecule has 80 valence electrons. The van der Waals surface area contributed by atoms with Crippen molar-refractivity contribution >= 4 is 17.3 Å². The zero-order chi connectivity index (χ0) is 10.4. The Bertz CT molecular complexity index is 360. The largest absolute Gasteiger partial charge is 0.366 e. The van der Waals surface area contributed by atoms with E-state index in [0.29, 0.717) is 6.04 Å². The van der Waals surface area contributed by atoms with Gasteiger partial charge in [-0.25, -0.2) is 0 Å². The van der Waals surface area contributed by atoms with Crippen molar-refractivity contribution in [1.29, 1.82) is 0 Å². The van der Waals surface area contributed by atoms with Crippen LogP contribution in [0.5, 0.6) is 0 Å². The van der Waals surface area contributed by atoms with Crippen LogP contribution >= 0.6 is 11.6 Å². The first-order chi connectivity index (χ1) is 7.24. The molecule has 0 amide bonds. The van der Waals surface area contributed by atoms with Gasteiger partial charge in [-0.15, -0.1) is 0 Å². The van der Waals surface area contributed by atoms with Crippen LogP contribution in [0, 0.1) is 0 Å². The van der Waals surface area contributed by atoms with E-state index in [4.69, 9.17) is 11.6 Å². The van der Waals surface area contributed by atoms with Gasteiger partial charge in [0, 0.05) is 35.9 Å². The number of rotatable bonds is 1. The predicted molar refractivity (Wildman–Crippen MR) is 63.6 cm³/mol. The standard InChI is InChI=1S/C12H15ClN2/c1-14-7-12-6-11(14)8-15(12)10-4-2-9(13)3-5-10/h2-5,11-12H,6-8H2,1H3. The minimum absolute atomic E-state index is 0.709. The molecule has 1 aromatic carbocycles. The van der Waals surface area contributed by atoms with Gasteiger partial charge >= 0.3 is 0 Å². The van der Waals surface area contributed by atoms with Crippen LogP contribution in [0.25, 0.3) is 0 Å². The maximum atomic E-state index is 5.89. The average molecular weight is 223 g/mol. The Balaban J connectivity index is 1.83. The predicted octanol–water partition coefficient (Wildman–Crippen LogP) is 2.23. The summed E-state index contributed by atoms with van der Waals surface area (Å²) in [7, 11) is 2.23. The number of likely N-dealkylation sites (N-methyl/N-ethyl adjacent to an activating group) is 1. The van der Waals surface area contributed by atoms with Crippen molar-refractivity contribution in [2.24, 2.45) is 0 Å². The fourth-order valence-corrected chi connectivity index (χ4v) is 2.94. The molecule has 0 spiro atoms. The maximum absolute atomic E-state index is 5.89. The maximum Gasteiger partial charge on any atom is 0.0433 e. The molecule has 15 heavy (non-hydrogen) atoms. The molecule has 2 bridgehead atoms. The second-order valence-electron chi connectivity index (χ2n) is 4.61. The van der Waals surface area contributed by atoms with Crippen molar-refractivity contribution < 1.29 is 0 Å². The smallest absolute Gasteiger partial charge is 0.0433 e. The highest BCUT2D eigenvalue weighted by atomic mass is 35.5. The van der Waals surface area contributed by atoms with E-state index in [1.807, 2.05) is 12.1 Å². The highest BCUT2D eigenvalue weighted by Gasteiger charge is 2.41. The molecule has 1 aromatic rings. The summed E-state index contributed by atoms with van der Waals surface area (Å²) in [6.45, 7) is 2.37. The SMILES string of the molecule is CN1CC2CC1CN2c1ccc(Cl)cc1. The lowest BCUT2D eigenvalue weighted by Crippen LogP contribution is -2.44. The molecule has 2 aliphatic rings. The van der Waals surface area contributed by atoms with E-state index in [1.54, 1.807) is 0 Å². The van der Waals surface area contributed by atoms with Crippen LogP contribution in [0.15, 0.2) is 24.3 Å². The highest BCUT2D eigenvalue weighted by Crippen LogP contribution is 2.33. The van der Waals surface area contributed by atoms with Crippen LogP contribution < -0.4 is 4.90 Å². The first kappa shape index (κ1) is 9.49. The van der Waals surface area contributed by atoms with Gasteiger partial charge in [0.25, 0.3) is 0 Å². The van der Waals surface area contributed by atoms with Gasteiger partial charge in [-0.3, -0.25) is 4.90 Å². The fraction of sp³-hybridized carbons (Fsp3) is 0.500. The number of halogens is 1. The molecule has 2 nitrogen and oxygen atoms in total. The number of benzene rings is 1. The van der Waals surface area contributed by atoms with E-state index < -0.39 is 0 Å². The fourth-order valence-electron chi connectivity index (χ4n) is 2.81.